The summed E-state index contributed by atoms with van der Waals surface area (Å²) < 4.78 is 23.4. The molecule has 3 heterocycles. The van der Waals surface area contributed by atoms with E-state index < -0.39 is 0 Å². The SMILES string of the molecule is C[C@H]1CC[C@H](Nc2ncc(-c3ccc(OC4CCOCC4)cc3)c(O[C@@H]3CCOC3)n2)CC1.Cl. The molecule has 2 aliphatic heterocycles. The molecule has 1 N–H and O–H groups in total. The molecule has 0 bridgehead atoms. The van der Waals surface area contributed by atoms with Crippen LogP contribution in [-0.2, 0) is 9.47 Å². The zero-order valence-corrected chi connectivity index (χ0v) is 20.7. The largest absolute Gasteiger partial charge is 0.490 e. The van der Waals surface area contributed by atoms with Crippen molar-refractivity contribution < 1.29 is 18.9 Å². The van der Waals surface area contributed by atoms with Crippen molar-refractivity contribution >= 4 is 18.4 Å². The molecule has 3 fully saturated rings. The Bertz CT molecular complexity index is 893. The first-order valence-electron chi connectivity index (χ1n) is 12.5. The van der Waals surface area contributed by atoms with Crippen LogP contribution < -0.4 is 14.8 Å². The summed E-state index contributed by atoms with van der Waals surface area (Å²) in [5.74, 6) is 2.95. The van der Waals surface area contributed by atoms with Crippen LogP contribution in [0, 0.1) is 5.92 Å². The Morgan fingerprint density at radius 1 is 0.853 bits per heavy atom. The van der Waals surface area contributed by atoms with Gasteiger partial charge in [0, 0.05) is 31.5 Å². The molecule has 7 nitrogen and oxygen atoms in total. The molecule has 1 aliphatic carbocycles. The van der Waals surface area contributed by atoms with Crippen LogP contribution in [0.4, 0.5) is 5.95 Å². The van der Waals surface area contributed by atoms with E-state index in [1.807, 2.05) is 18.3 Å². The number of rotatable bonds is 7. The lowest BCUT2D eigenvalue weighted by molar-refractivity contribution is 0.0256. The standard InChI is InChI=1S/C26H35N3O4.ClH/c1-18-2-6-20(7-3-18)28-26-27-16-24(25(29-26)33-23-12-15-31-17-23)19-4-8-21(9-5-19)32-22-10-13-30-14-11-22;/h4-5,8-9,16,18,20,22-23H,2-3,6-7,10-15,17H2,1H3,(H,27,28,29);1H/t18-,20-,23-;/m1./s1. The first kappa shape index (κ1) is 25.0. The second-order valence-electron chi connectivity index (χ2n) is 9.57. The molecule has 0 amide bonds. The van der Waals surface area contributed by atoms with Gasteiger partial charge in [0.25, 0.3) is 0 Å². The van der Waals surface area contributed by atoms with Gasteiger partial charge in [0.1, 0.15) is 18.0 Å². The number of hydrogen-bond acceptors (Lipinski definition) is 7. The van der Waals surface area contributed by atoms with Crippen molar-refractivity contribution in [3.8, 4) is 22.8 Å². The van der Waals surface area contributed by atoms with Crippen LogP contribution in [0.25, 0.3) is 11.1 Å². The van der Waals surface area contributed by atoms with Crippen molar-refractivity contribution in [1.29, 1.82) is 0 Å². The molecule has 2 aromatic rings. The summed E-state index contributed by atoms with van der Waals surface area (Å²) in [4.78, 5) is 9.44. The summed E-state index contributed by atoms with van der Waals surface area (Å²) in [6.45, 7) is 5.20. The molecule has 1 atom stereocenters. The van der Waals surface area contributed by atoms with Gasteiger partial charge in [-0.1, -0.05) is 19.1 Å². The Morgan fingerprint density at radius 2 is 1.56 bits per heavy atom. The van der Waals surface area contributed by atoms with Gasteiger partial charge in [0.05, 0.1) is 32.0 Å². The number of nitrogens with zero attached hydrogens (tertiary/aromatic N) is 2. The predicted octanol–water partition coefficient (Wildman–Crippen LogP) is 5.28. The van der Waals surface area contributed by atoms with E-state index in [-0.39, 0.29) is 24.6 Å². The molecule has 2 saturated heterocycles. The van der Waals surface area contributed by atoms with E-state index in [1.54, 1.807) is 0 Å². The Kier molecular flexibility index (Phi) is 8.86. The van der Waals surface area contributed by atoms with Crippen molar-refractivity contribution in [1.82, 2.24) is 9.97 Å². The monoisotopic (exact) mass is 489 g/mol. The Balaban J connectivity index is 0.00000274. The molecule has 1 saturated carbocycles. The molecule has 186 valence electrons. The lowest BCUT2D eigenvalue weighted by Gasteiger charge is -2.27. The minimum Gasteiger partial charge on any atom is -0.490 e. The molecule has 0 spiro atoms. The van der Waals surface area contributed by atoms with E-state index in [9.17, 15) is 0 Å². The van der Waals surface area contributed by atoms with Gasteiger partial charge in [-0.2, -0.15) is 4.98 Å². The number of nitrogens with one attached hydrogen (secondary N) is 1. The fraction of sp³-hybridized carbons (Fsp3) is 0.615. The van der Waals surface area contributed by atoms with Gasteiger partial charge >= 0.3 is 0 Å². The van der Waals surface area contributed by atoms with Crippen molar-refractivity contribution in [2.75, 3.05) is 31.7 Å². The van der Waals surface area contributed by atoms with Crippen LogP contribution in [0.5, 0.6) is 11.6 Å². The Labute approximate surface area is 208 Å². The van der Waals surface area contributed by atoms with Crippen molar-refractivity contribution in [3.05, 3.63) is 30.5 Å². The third-order valence-electron chi connectivity index (χ3n) is 6.91. The quantitative estimate of drug-likeness (QED) is 0.567. The summed E-state index contributed by atoms with van der Waals surface area (Å²) >= 11 is 0. The van der Waals surface area contributed by atoms with Gasteiger partial charge in [-0.05, 0) is 49.3 Å². The lowest BCUT2D eigenvalue weighted by atomic mass is 9.87. The highest BCUT2D eigenvalue weighted by atomic mass is 35.5. The zero-order chi connectivity index (χ0) is 22.5. The molecule has 0 unspecified atom stereocenters. The Morgan fingerprint density at radius 3 is 2.26 bits per heavy atom. The van der Waals surface area contributed by atoms with Crippen molar-refractivity contribution in [2.45, 2.75) is 70.1 Å². The highest BCUT2D eigenvalue weighted by molar-refractivity contribution is 5.85. The van der Waals surface area contributed by atoms with Crippen molar-refractivity contribution in [3.63, 3.8) is 0 Å². The highest BCUT2D eigenvalue weighted by Gasteiger charge is 2.23. The summed E-state index contributed by atoms with van der Waals surface area (Å²) in [7, 11) is 0. The molecule has 34 heavy (non-hydrogen) atoms. The van der Waals surface area contributed by atoms with Crippen LogP contribution >= 0.6 is 12.4 Å². The molecular weight excluding hydrogens is 454 g/mol. The first-order valence-corrected chi connectivity index (χ1v) is 12.5. The smallest absolute Gasteiger partial charge is 0.226 e. The minimum atomic E-state index is 0. The summed E-state index contributed by atoms with van der Waals surface area (Å²) in [6, 6.07) is 8.57. The fourth-order valence-electron chi connectivity index (χ4n) is 4.77. The highest BCUT2D eigenvalue weighted by Crippen LogP contribution is 2.33. The van der Waals surface area contributed by atoms with Crippen molar-refractivity contribution in [2.24, 2.45) is 5.92 Å². The summed E-state index contributed by atoms with van der Waals surface area (Å²) in [5, 5.41) is 3.54. The van der Waals surface area contributed by atoms with E-state index in [4.69, 9.17) is 23.9 Å². The minimum absolute atomic E-state index is 0. The number of aromatic nitrogens is 2. The molecule has 1 aromatic carbocycles. The number of benzene rings is 1. The lowest BCUT2D eigenvalue weighted by Crippen LogP contribution is -2.26. The molecule has 5 rings (SSSR count). The second-order valence-corrected chi connectivity index (χ2v) is 9.57. The topological polar surface area (TPSA) is 74.7 Å². The fourth-order valence-corrected chi connectivity index (χ4v) is 4.77. The average Bonchev–Trinajstić information content (AvgIpc) is 3.35. The number of halogens is 1. The third kappa shape index (κ3) is 6.52. The van der Waals surface area contributed by atoms with E-state index in [0.717, 1.165) is 74.7 Å². The van der Waals surface area contributed by atoms with Gasteiger partial charge in [-0.15, -0.1) is 12.4 Å². The summed E-state index contributed by atoms with van der Waals surface area (Å²) in [6.07, 6.45) is 9.70. The molecule has 3 aliphatic rings. The molecule has 1 aromatic heterocycles. The number of ether oxygens (including phenoxy) is 4. The van der Waals surface area contributed by atoms with E-state index in [1.165, 1.54) is 12.8 Å². The van der Waals surface area contributed by atoms with Gasteiger partial charge in [-0.25, -0.2) is 4.98 Å². The van der Waals surface area contributed by atoms with Crippen LogP contribution in [0.1, 0.15) is 51.9 Å². The van der Waals surface area contributed by atoms with Gasteiger partial charge in [-0.3, -0.25) is 0 Å². The average molecular weight is 490 g/mol. The molecule has 8 heteroatoms. The van der Waals surface area contributed by atoms with Crippen LogP contribution in [0.2, 0.25) is 0 Å². The van der Waals surface area contributed by atoms with E-state index in [0.29, 0.717) is 24.5 Å². The summed E-state index contributed by atoms with van der Waals surface area (Å²) in [5.41, 5.74) is 1.91. The molecule has 0 radical (unpaired) electrons. The van der Waals surface area contributed by atoms with E-state index >= 15 is 0 Å². The maximum absolute atomic E-state index is 6.30. The van der Waals surface area contributed by atoms with Crippen LogP contribution in [0.15, 0.2) is 30.5 Å². The Hall–Kier alpha value is -2.09. The van der Waals surface area contributed by atoms with E-state index in [2.05, 4.69) is 29.4 Å². The number of anilines is 1. The maximum atomic E-state index is 6.30. The third-order valence-corrected chi connectivity index (χ3v) is 6.91. The van der Waals surface area contributed by atoms with Gasteiger partial charge < -0.3 is 24.3 Å². The second kappa shape index (κ2) is 12.0. The first-order chi connectivity index (χ1) is 16.2. The number of hydrogen-bond donors (Lipinski definition) is 1. The maximum Gasteiger partial charge on any atom is 0.226 e. The predicted molar refractivity (Wildman–Crippen MR) is 134 cm³/mol. The van der Waals surface area contributed by atoms with Gasteiger partial charge in [0.2, 0.25) is 11.8 Å². The van der Waals surface area contributed by atoms with Crippen LogP contribution in [0.3, 0.4) is 0 Å². The van der Waals surface area contributed by atoms with Gasteiger partial charge in [0.15, 0.2) is 0 Å². The van der Waals surface area contributed by atoms with Crippen LogP contribution in [-0.4, -0.2) is 54.6 Å². The zero-order valence-electron chi connectivity index (χ0n) is 19.9. The molecular formula is C26H36ClN3O4. The normalized spacial score (nSPS) is 25.4.